The van der Waals surface area contributed by atoms with Gasteiger partial charge < -0.3 is 4.90 Å². The number of nitrogens with zero attached hydrogens (tertiary/aromatic N) is 4. The Balaban J connectivity index is 2.12. The molecule has 3 rings (SSSR count). The Morgan fingerprint density at radius 1 is 1.22 bits per heavy atom. The van der Waals surface area contributed by atoms with Gasteiger partial charge in [0.2, 0.25) is 5.95 Å². The van der Waals surface area contributed by atoms with E-state index in [1.165, 1.54) is 0 Å². The molecule has 3 heterocycles. The van der Waals surface area contributed by atoms with Crippen molar-refractivity contribution in [3.8, 4) is 11.3 Å². The molecule has 23 heavy (non-hydrogen) atoms. The molecule has 0 saturated heterocycles. The number of hydrogen-bond acceptors (Lipinski definition) is 4. The van der Waals surface area contributed by atoms with Crippen LogP contribution in [0.2, 0.25) is 0 Å². The summed E-state index contributed by atoms with van der Waals surface area (Å²) in [6.45, 7) is 8.01. The fourth-order valence-corrected chi connectivity index (χ4v) is 3.28. The lowest BCUT2D eigenvalue weighted by Gasteiger charge is -2.28. The maximum atomic E-state index is 12.6. The number of halogens is 1. The number of pyridine rings is 1. The Hall–Kier alpha value is -1.69. The highest BCUT2D eigenvalue weighted by Gasteiger charge is 2.22. The lowest BCUT2D eigenvalue weighted by molar-refractivity contribution is 0.551. The summed E-state index contributed by atoms with van der Waals surface area (Å²) >= 11 is 3.43. The van der Waals surface area contributed by atoms with E-state index < -0.39 is 0 Å². The van der Waals surface area contributed by atoms with Crippen molar-refractivity contribution in [3.05, 3.63) is 38.9 Å². The highest BCUT2D eigenvalue weighted by molar-refractivity contribution is 9.10. The van der Waals surface area contributed by atoms with Gasteiger partial charge in [0.25, 0.3) is 5.56 Å². The summed E-state index contributed by atoms with van der Waals surface area (Å²) in [4.78, 5) is 23.9. The van der Waals surface area contributed by atoms with Crippen molar-refractivity contribution in [1.29, 1.82) is 0 Å². The minimum Gasteiger partial charge on any atom is -0.345 e. The van der Waals surface area contributed by atoms with E-state index in [4.69, 9.17) is 4.98 Å². The van der Waals surface area contributed by atoms with Crippen LogP contribution in [0, 0.1) is 0 Å². The van der Waals surface area contributed by atoms with Crippen molar-refractivity contribution in [1.82, 2.24) is 14.5 Å². The molecule has 0 spiro atoms. The van der Waals surface area contributed by atoms with Crippen molar-refractivity contribution >= 4 is 21.9 Å². The van der Waals surface area contributed by atoms with Crippen LogP contribution >= 0.6 is 15.9 Å². The van der Waals surface area contributed by atoms with E-state index in [-0.39, 0.29) is 11.0 Å². The van der Waals surface area contributed by atoms with Crippen LogP contribution in [-0.2, 0) is 12.0 Å². The molecule has 1 aliphatic rings. The molecule has 2 aromatic heterocycles. The molecular weight excluding hydrogens is 356 g/mol. The van der Waals surface area contributed by atoms with E-state index in [1.807, 2.05) is 24.1 Å². The van der Waals surface area contributed by atoms with Gasteiger partial charge in [0.05, 0.1) is 5.69 Å². The van der Waals surface area contributed by atoms with Gasteiger partial charge >= 0.3 is 0 Å². The molecule has 5 nitrogen and oxygen atoms in total. The Morgan fingerprint density at radius 3 is 2.57 bits per heavy atom. The van der Waals surface area contributed by atoms with Crippen LogP contribution in [0.15, 0.2) is 27.6 Å². The highest BCUT2D eigenvalue weighted by Crippen LogP contribution is 2.28. The van der Waals surface area contributed by atoms with E-state index in [2.05, 4.69) is 41.7 Å². The van der Waals surface area contributed by atoms with Crippen molar-refractivity contribution in [3.63, 3.8) is 0 Å². The lowest BCUT2D eigenvalue weighted by Crippen LogP contribution is -2.36. The van der Waals surface area contributed by atoms with Gasteiger partial charge in [-0.3, -0.25) is 14.3 Å². The molecule has 0 atom stereocenters. The molecule has 1 aliphatic heterocycles. The quantitative estimate of drug-likeness (QED) is 0.766. The van der Waals surface area contributed by atoms with Crippen LogP contribution in [0.1, 0.15) is 32.9 Å². The van der Waals surface area contributed by atoms with Crippen LogP contribution in [0.3, 0.4) is 0 Å². The van der Waals surface area contributed by atoms with Crippen LogP contribution in [0.25, 0.3) is 11.3 Å². The Kier molecular flexibility index (Phi) is 4.04. The number of hydrogen-bond donors (Lipinski definition) is 0. The van der Waals surface area contributed by atoms with Gasteiger partial charge in [-0.1, -0.05) is 20.8 Å². The SMILES string of the molecule is CN1CCCn2c1nc(-c1ccc(C(C)(C)C)nc1)c(Br)c2=O. The summed E-state index contributed by atoms with van der Waals surface area (Å²) in [5, 5.41) is 0. The third-order valence-corrected chi connectivity index (χ3v) is 4.83. The van der Waals surface area contributed by atoms with Crippen LogP contribution < -0.4 is 10.5 Å². The molecule has 2 aromatic rings. The van der Waals surface area contributed by atoms with Gasteiger partial charge in [-0.25, -0.2) is 4.98 Å². The molecule has 6 heteroatoms. The molecule has 0 aliphatic carbocycles. The smallest absolute Gasteiger partial charge is 0.269 e. The minimum atomic E-state index is -0.0311. The molecule has 0 unspecified atom stereocenters. The summed E-state index contributed by atoms with van der Waals surface area (Å²) in [6.07, 6.45) is 2.76. The van der Waals surface area contributed by atoms with Gasteiger partial charge in [0.1, 0.15) is 4.47 Å². The summed E-state index contributed by atoms with van der Waals surface area (Å²) < 4.78 is 2.23. The van der Waals surface area contributed by atoms with E-state index in [9.17, 15) is 4.79 Å². The number of fused-ring (bicyclic) bond motifs is 1. The Bertz CT molecular complexity index is 790. The molecule has 0 bridgehead atoms. The summed E-state index contributed by atoms with van der Waals surface area (Å²) in [5.41, 5.74) is 2.49. The van der Waals surface area contributed by atoms with Crippen LogP contribution in [0.5, 0.6) is 0 Å². The predicted octanol–water partition coefficient (Wildman–Crippen LogP) is 3.21. The maximum Gasteiger partial charge on any atom is 0.269 e. The van der Waals surface area contributed by atoms with Crippen LogP contribution in [-0.4, -0.2) is 28.1 Å². The molecule has 0 N–H and O–H groups in total. The summed E-state index contributed by atoms with van der Waals surface area (Å²) in [7, 11) is 1.97. The highest BCUT2D eigenvalue weighted by atomic mass is 79.9. The Morgan fingerprint density at radius 2 is 1.96 bits per heavy atom. The van der Waals surface area contributed by atoms with E-state index in [0.717, 1.165) is 30.2 Å². The molecule has 0 saturated carbocycles. The number of aromatic nitrogens is 3. The standard InChI is InChI=1S/C17H21BrN4O/c1-17(2,3)12-7-6-11(10-19-12)14-13(18)15(23)22-9-5-8-21(4)16(22)20-14/h6-7,10H,5,8-9H2,1-4H3. The fraction of sp³-hybridized carbons (Fsp3) is 0.471. The molecular formula is C17H21BrN4O. The van der Waals surface area contributed by atoms with Crippen molar-refractivity contribution in [2.24, 2.45) is 0 Å². The zero-order chi connectivity index (χ0) is 16.8. The molecule has 0 fully saturated rings. The van der Waals surface area contributed by atoms with Crippen molar-refractivity contribution in [2.75, 3.05) is 18.5 Å². The summed E-state index contributed by atoms with van der Waals surface area (Å²) in [6, 6.07) is 3.99. The third kappa shape index (κ3) is 2.92. The second-order valence-corrected chi connectivity index (χ2v) is 7.78. The second-order valence-electron chi connectivity index (χ2n) is 6.99. The van der Waals surface area contributed by atoms with Gasteiger partial charge in [0, 0.05) is 43.0 Å². The normalized spacial score (nSPS) is 14.7. The molecule has 0 aromatic carbocycles. The first-order valence-corrected chi connectivity index (χ1v) is 8.56. The second kappa shape index (κ2) is 5.74. The zero-order valence-corrected chi connectivity index (χ0v) is 15.5. The minimum absolute atomic E-state index is 0.00118. The largest absolute Gasteiger partial charge is 0.345 e. The average molecular weight is 377 g/mol. The molecule has 0 radical (unpaired) electrons. The van der Waals surface area contributed by atoms with E-state index >= 15 is 0 Å². The summed E-state index contributed by atoms with van der Waals surface area (Å²) in [5.74, 6) is 0.722. The van der Waals surface area contributed by atoms with Crippen molar-refractivity contribution in [2.45, 2.75) is 39.2 Å². The third-order valence-electron chi connectivity index (χ3n) is 4.12. The first-order valence-electron chi connectivity index (χ1n) is 7.77. The zero-order valence-electron chi connectivity index (χ0n) is 13.9. The van der Waals surface area contributed by atoms with Crippen LogP contribution in [0.4, 0.5) is 5.95 Å². The van der Waals surface area contributed by atoms with Gasteiger partial charge in [0.15, 0.2) is 0 Å². The molecule has 0 amide bonds. The first kappa shape index (κ1) is 16.2. The number of anilines is 1. The maximum absolute atomic E-state index is 12.6. The van der Waals surface area contributed by atoms with E-state index in [1.54, 1.807) is 10.8 Å². The van der Waals surface area contributed by atoms with Gasteiger partial charge in [-0.15, -0.1) is 0 Å². The predicted molar refractivity (Wildman–Crippen MR) is 96.0 cm³/mol. The van der Waals surface area contributed by atoms with Gasteiger partial charge in [-0.2, -0.15) is 0 Å². The van der Waals surface area contributed by atoms with E-state index in [0.29, 0.717) is 16.7 Å². The lowest BCUT2D eigenvalue weighted by atomic mass is 9.91. The molecule has 122 valence electrons. The monoisotopic (exact) mass is 376 g/mol. The fourth-order valence-electron chi connectivity index (χ4n) is 2.75. The van der Waals surface area contributed by atoms with Crippen molar-refractivity contribution < 1.29 is 0 Å². The van der Waals surface area contributed by atoms with Gasteiger partial charge in [-0.05, 0) is 34.5 Å². The topological polar surface area (TPSA) is 51.0 Å². The average Bonchev–Trinajstić information content (AvgIpc) is 2.51. The Labute approximate surface area is 144 Å². The number of rotatable bonds is 1. The first-order chi connectivity index (χ1) is 10.8.